The summed E-state index contributed by atoms with van der Waals surface area (Å²) in [5.74, 6) is 1.00. The van der Waals surface area contributed by atoms with Gasteiger partial charge in [0.15, 0.2) is 6.61 Å². The van der Waals surface area contributed by atoms with E-state index < -0.39 is 5.63 Å². The third-order valence-electron chi connectivity index (χ3n) is 4.31. The Bertz CT molecular complexity index is 1060. The van der Waals surface area contributed by atoms with Gasteiger partial charge in [-0.15, -0.1) is 0 Å². The number of hydrogen-bond donors (Lipinski definition) is 1. The first kappa shape index (κ1) is 17.6. The fraction of sp³-hybridized carbons (Fsp3) is 0.200. The molecule has 138 valence electrons. The molecule has 0 saturated heterocycles. The Balaban J connectivity index is 1.42. The summed E-state index contributed by atoms with van der Waals surface area (Å²) < 4.78 is 17.2. The predicted octanol–water partition coefficient (Wildman–Crippen LogP) is 3.57. The second kappa shape index (κ2) is 7.44. The van der Waals surface area contributed by atoms with Crippen molar-refractivity contribution in [3.05, 3.63) is 69.0 Å². The Kier molecular flexibility index (Phi) is 4.85. The molecule has 1 amide bonds. The van der Waals surface area contributed by atoms with Crippen molar-refractivity contribution in [2.45, 2.75) is 12.5 Å². The van der Waals surface area contributed by atoms with Crippen molar-refractivity contribution in [2.75, 3.05) is 13.2 Å². The number of carbonyl (C=O) groups excluding carboxylic acids is 1. The molecule has 0 fully saturated rings. The molecule has 0 aliphatic carbocycles. The van der Waals surface area contributed by atoms with Gasteiger partial charge in [-0.25, -0.2) is 4.79 Å². The molecule has 0 saturated carbocycles. The van der Waals surface area contributed by atoms with Gasteiger partial charge in [-0.3, -0.25) is 4.79 Å². The van der Waals surface area contributed by atoms with Crippen molar-refractivity contribution in [2.24, 2.45) is 0 Å². The minimum absolute atomic E-state index is 0.128. The van der Waals surface area contributed by atoms with Crippen LogP contribution in [0.2, 0.25) is 0 Å². The van der Waals surface area contributed by atoms with E-state index >= 15 is 0 Å². The van der Waals surface area contributed by atoms with Gasteiger partial charge < -0.3 is 19.2 Å². The maximum absolute atomic E-state index is 12.3. The molecule has 1 aliphatic rings. The molecular weight excluding hydrogens is 414 g/mol. The summed E-state index contributed by atoms with van der Waals surface area (Å²) in [6, 6.07) is 13.8. The fourth-order valence-corrected chi connectivity index (χ4v) is 3.41. The van der Waals surface area contributed by atoms with Crippen LogP contribution in [0.4, 0.5) is 0 Å². The lowest BCUT2D eigenvalue weighted by molar-refractivity contribution is -0.124. The molecule has 0 spiro atoms. The largest absolute Gasteiger partial charge is 0.493 e. The average Bonchev–Trinajstić information content (AvgIpc) is 2.66. The molecule has 3 aromatic rings. The highest BCUT2D eigenvalue weighted by Gasteiger charge is 2.23. The van der Waals surface area contributed by atoms with Crippen LogP contribution in [-0.4, -0.2) is 19.1 Å². The monoisotopic (exact) mass is 429 g/mol. The zero-order valence-electron chi connectivity index (χ0n) is 14.2. The molecule has 0 radical (unpaired) electrons. The second-order valence-corrected chi connectivity index (χ2v) is 7.10. The zero-order chi connectivity index (χ0) is 18.8. The molecule has 2 aromatic carbocycles. The van der Waals surface area contributed by atoms with Gasteiger partial charge in [0.2, 0.25) is 0 Å². The van der Waals surface area contributed by atoms with Gasteiger partial charge in [0.25, 0.3) is 5.91 Å². The fourth-order valence-electron chi connectivity index (χ4n) is 3.03. The lowest BCUT2D eigenvalue weighted by Gasteiger charge is -2.27. The molecule has 27 heavy (non-hydrogen) atoms. The lowest BCUT2D eigenvalue weighted by Crippen LogP contribution is -2.35. The standard InChI is InChI=1S/C20H16BrNO5/c21-13-3-5-17-15(9-13)16(7-8-25-17)22-19(23)11-26-14-4-1-12-2-6-20(24)27-18(12)10-14/h1-6,9-10,16H,7-8,11H2,(H,22,23). The molecular formula is C20H16BrNO5. The first-order valence-corrected chi connectivity index (χ1v) is 9.26. The minimum Gasteiger partial charge on any atom is -0.493 e. The Labute approximate surface area is 163 Å². The third-order valence-corrected chi connectivity index (χ3v) is 4.80. The molecule has 4 rings (SSSR count). The van der Waals surface area contributed by atoms with E-state index in [1.807, 2.05) is 18.2 Å². The Morgan fingerprint density at radius 2 is 2.04 bits per heavy atom. The van der Waals surface area contributed by atoms with Crippen molar-refractivity contribution in [1.29, 1.82) is 0 Å². The van der Waals surface area contributed by atoms with Crippen LogP contribution in [0.3, 0.4) is 0 Å². The molecule has 2 heterocycles. The molecule has 1 unspecified atom stereocenters. The Morgan fingerprint density at radius 3 is 2.93 bits per heavy atom. The summed E-state index contributed by atoms with van der Waals surface area (Å²) in [6.45, 7) is 0.410. The van der Waals surface area contributed by atoms with Crippen LogP contribution >= 0.6 is 15.9 Å². The van der Waals surface area contributed by atoms with E-state index in [0.717, 1.165) is 21.2 Å². The Hall–Kier alpha value is -2.80. The molecule has 0 bridgehead atoms. The summed E-state index contributed by atoms with van der Waals surface area (Å²) in [5, 5.41) is 3.77. The normalized spacial score (nSPS) is 15.7. The van der Waals surface area contributed by atoms with Crippen LogP contribution in [0.15, 0.2) is 62.2 Å². The smallest absolute Gasteiger partial charge is 0.336 e. The summed E-state index contributed by atoms with van der Waals surface area (Å²) in [6.07, 6.45) is 0.691. The van der Waals surface area contributed by atoms with Gasteiger partial charge in [0, 0.05) is 34.0 Å². The third kappa shape index (κ3) is 3.98. The first-order valence-electron chi connectivity index (χ1n) is 8.47. The van der Waals surface area contributed by atoms with E-state index in [-0.39, 0.29) is 18.6 Å². The summed E-state index contributed by atoms with van der Waals surface area (Å²) >= 11 is 3.45. The van der Waals surface area contributed by atoms with Crippen molar-refractivity contribution < 1.29 is 18.7 Å². The van der Waals surface area contributed by atoms with E-state index in [1.165, 1.54) is 6.07 Å². The summed E-state index contributed by atoms with van der Waals surface area (Å²) in [4.78, 5) is 23.7. The van der Waals surface area contributed by atoms with Crippen molar-refractivity contribution in [3.8, 4) is 11.5 Å². The highest BCUT2D eigenvalue weighted by molar-refractivity contribution is 9.10. The highest BCUT2D eigenvalue weighted by atomic mass is 79.9. The number of halogens is 1. The molecule has 1 N–H and O–H groups in total. The molecule has 1 atom stereocenters. The van der Waals surface area contributed by atoms with E-state index in [2.05, 4.69) is 21.2 Å². The number of nitrogens with one attached hydrogen (secondary N) is 1. The van der Waals surface area contributed by atoms with Crippen LogP contribution in [0.25, 0.3) is 11.0 Å². The van der Waals surface area contributed by atoms with Gasteiger partial charge in [-0.2, -0.15) is 0 Å². The van der Waals surface area contributed by atoms with Gasteiger partial charge in [0.1, 0.15) is 17.1 Å². The molecule has 1 aliphatic heterocycles. The number of ether oxygens (including phenoxy) is 2. The van der Waals surface area contributed by atoms with E-state index in [4.69, 9.17) is 13.9 Å². The SMILES string of the molecule is O=C(COc1ccc2ccc(=O)oc2c1)NC1CCOc2ccc(Br)cc21. The summed E-state index contributed by atoms with van der Waals surface area (Å²) in [7, 11) is 0. The lowest BCUT2D eigenvalue weighted by atomic mass is 10.0. The van der Waals surface area contributed by atoms with Crippen LogP contribution in [0.5, 0.6) is 11.5 Å². The van der Waals surface area contributed by atoms with E-state index in [9.17, 15) is 9.59 Å². The van der Waals surface area contributed by atoms with Crippen LogP contribution < -0.4 is 20.4 Å². The van der Waals surface area contributed by atoms with Gasteiger partial charge in [0.05, 0.1) is 12.6 Å². The number of hydrogen-bond acceptors (Lipinski definition) is 5. The quantitative estimate of drug-likeness (QED) is 0.641. The van der Waals surface area contributed by atoms with Crippen LogP contribution in [0, 0.1) is 0 Å². The number of fused-ring (bicyclic) bond motifs is 2. The Morgan fingerprint density at radius 1 is 1.19 bits per heavy atom. The van der Waals surface area contributed by atoms with Crippen LogP contribution in [0.1, 0.15) is 18.0 Å². The maximum atomic E-state index is 12.3. The van der Waals surface area contributed by atoms with Crippen LogP contribution in [-0.2, 0) is 4.79 Å². The first-order chi connectivity index (χ1) is 13.1. The predicted molar refractivity (Wildman–Crippen MR) is 103 cm³/mol. The molecule has 7 heteroatoms. The van der Waals surface area contributed by atoms with Crippen molar-refractivity contribution in [3.63, 3.8) is 0 Å². The van der Waals surface area contributed by atoms with Gasteiger partial charge in [-0.05, 0) is 36.4 Å². The second-order valence-electron chi connectivity index (χ2n) is 6.18. The number of rotatable bonds is 4. The summed E-state index contributed by atoms with van der Waals surface area (Å²) in [5.41, 5.74) is 0.932. The number of amides is 1. The minimum atomic E-state index is -0.429. The van der Waals surface area contributed by atoms with Gasteiger partial charge in [-0.1, -0.05) is 15.9 Å². The topological polar surface area (TPSA) is 77.8 Å². The van der Waals surface area contributed by atoms with E-state index in [1.54, 1.807) is 24.3 Å². The van der Waals surface area contributed by atoms with E-state index in [0.29, 0.717) is 24.4 Å². The van der Waals surface area contributed by atoms with Gasteiger partial charge >= 0.3 is 5.63 Å². The zero-order valence-corrected chi connectivity index (χ0v) is 15.8. The number of carbonyl (C=O) groups is 1. The highest BCUT2D eigenvalue weighted by Crippen LogP contribution is 2.34. The number of benzene rings is 2. The van der Waals surface area contributed by atoms with Crippen molar-refractivity contribution in [1.82, 2.24) is 5.32 Å². The molecule has 6 nitrogen and oxygen atoms in total. The maximum Gasteiger partial charge on any atom is 0.336 e. The molecule has 1 aromatic heterocycles. The van der Waals surface area contributed by atoms with Crippen molar-refractivity contribution >= 4 is 32.8 Å². The average molecular weight is 430 g/mol.